The number of nitrogens with zero attached hydrogens (tertiary/aromatic N) is 1. The zero-order valence-electron chi connectivity index (χ0n) is 10.6. The Labute approximate surface area is 112 Å². The van der Waals surface area contributed by atoms with Crippen LogP contribution in [0.5, 0.6) is 0 Å². The van der Waals surface area contributed by atoms with E-state index in [9.17, 15) is 9.59 Å². The van der Waals surface area contributed by atoms with Crippen molar-refractivity contribution >= 4 is 29.3 Å². The first kappa shape index (κ1) is 16.4. The van der Waals surface area contributed by atoms with Gasteiger partial charge >= 0.3 is 11.9 Å². The summed E-state index contributed by atoms with van der Waals surface area (Å²) in [5, 5.41) is 3.25. The molecule has 0 bridgehead atoms. The number of carbonyl (C=O) groups excluding carboxylic acids is 2. The van der Waals surface area contributed by atoms with Gasteiger partial charge in [0.05, 0.1) is 20.6 Å². The Bertz CT molecular complexity index is 320. The second-order valence-corrected chi connectivity index (χ2v) is 3.69. The van der Waals surface area contributed by atoms with Gasteiger partial charge in [-0.2, -0.15) is 0 Å². The zero-order chi connectivity index (χ0) is 14.0. The summed E-state index contributed by atoms with van der Waals surface area (Å²) in [7, 11) is 2.60. The van der Waals surface area contributed by atoms with Gasteiger partial charge in [0.1, 0.15) is 6.54 Å². The number of esters is 2. The van der Waals surface area contributed by atoms with Gasteiger partial charge in [-0.1, -0.05) is 6.08 Å². The second kappa shape index (κ2) is 9.41. The van der Waals surface area contributed by atoms with Crippen LogP contribution in [0.15, 0.2) is 12.7 Å². The van der Waals surface area contributed by atoms with Crippen LogP contribution in [0, 0.1) is 0 Å². The third-order valence-electron chi connectivity index (χ3n) is 2.05. The molecule has 0 aliphatic rings. The minimum atomic E-state index is -0.428. The highest BCUT2D eigenvalue weighted by molar-refractivity contribution is 7.80. The van der Waals surface area contributed by atoms with Crippen LogP contribution >= 0.6 is 12.2 Å². The Kier molecular flexibility index (Phi) is 8.55. The maximum Gasteiger partial charge on any atom is 0.325 e. The quantitative estimate of drug-likeness (QED) is 0.401. The van der Waals surface area contributed by atoms with Gasteiger partial charge in [0.2, 0.25) is 0 Å². The number of rotatable bonds is 7. The largest absolute Gasteiger partial charge is 0.469 e. The third-order valence-corrected chi connectivity index (χ3v) is 2.45. The summed E-state index contributed by atoms with van der Waals surface area (Å²) in [5.41, 5.74) is 0. The van der Waals surface area contributed by atoms with Crippen molar-refractivity contribution in [3.8, 4) is 0 Å². The van der Waals surface area contributed by atoms with Gasteiger partial charge in [-0.3, -0.25) is 9.59 Å². The lowest BCUT2D eigenvalue weighted by Gasteiger charge is -2.23. The monoisotopic (exact) mass is 274 g/mol. The molecule has 18 heavy (non-hydrogen) atoms. The Hall–Kier alpha value is -1.63. The number of nitrogens with one attached hydrogen (secondary N) is 1. The molecule has 0 amide bonds. The van der Waals surface area contributed by atoms with E-state index in [1.165, 1.54) is 14.2 Å². The molecule has 0 unspecified atom stereocenters. The van der Waals surface area contributed by atoms with E-state index < -0.39 is 5.97 Å². The van der Waals surface area contributed by atoms with Crippen LogP contribution in [-0.2, 0) is 19.1 Å². The summed E-state index contributed by atoms with van der Waals surface area (Å²) in [6.45, 7) is 4.30. The molecule has 0 radical (unpaired) electrons. The molecule has 0 heterocycles. The standard InChI is InChI=1S/C11H18N2O4S/c1-4-6-12-11(18)13(8-10(15)17-3)7-5-9(14)16-2/h4H,1,5-8H2,2-3H3,(H,12,18). The first-order valence-corrected chi connectivity index (χ1v) is 5.73. The molecule has 0 aliphatic heterocycles. The van der Waals surface area contributed by atoms with Crippen LogP contribution in [0.3, 0.4) is 0 Å². The fourth-order valence-electron chi connectivity index (χ4n) is 1.07. The molecule has 0 atom stereocenters. The highest BCUT2D eigenvalue weighted by Gasteiger charge is 2.15. The molecule has 0 saturated carbocycles. The molecule has 0 aromatic heterocycles. The average Bonchev–Trinajstić information content (AvgIpc) is 2.39. The average molecular weight is 274 g/mol. The molecule has 7 heteroatoms. The summed E-state index contributed by atoms with van der Waals surface area (Å²) in [4.78, 5) is 23.8. The van der Waals surface area contributed by atoms with Crippen LogP contribution in [0.4, 0.5) is 0 Å². The SMILES string of the molecule is C=CCNC(=S)N(CCC(=O)OC)CC(=O)OC. The van der Waals surface area contributed by atoms with Gasteiger partial charge in [0.25, 0.3) is 0 Å². The Balaban J connectivity index is 4.40. The van der Waals surface area contributed by atoms with E-state index >= 15 is 0 Å². The molecule has 0 spiro atoms. The van der Waals surface area contributed by atoms with Crippen LogP contribution in [-0.4, -0.2) is 55.8 Å². The summed E-state index contributed by atoms with van der Waals surface area (Å²) < 4.78 is 9.10. The van der Waals surface area contributed by atoms with Crippen molar-refractivity contribution in [3.63, 3.8) is 0 Å². The maximum absolute atomic E-state index is 11.2. The lowest BCUT2D eigenvalue weighted by Crippen LogP contribution is -2.43. The number of hydrogen-bond acceptors (Lipinski definition) is 5. The first-order chi connectivity index (χ1) is 8.54. The number of methoxy groups -OCH3 is 2. The number of ether oxygens (including phenoxy) is 2. The number of thiocarbonyl (C=S) groups is 1. The van der Waals surface area contributed by atoms with Crippen LogP contribution in [0.2, 0.25) is 0 Å². The Morgan fingerprint density at radius 3 is 2.44 bits per heavy atom. The second-order valence-electron chi connectivity index (χ2n) is 3.30. The van der Waals surface area contributed by atoms with Gasteiger partial charge in [0.15, 0.2) is 5.11 Å². The highest BCUT2D eigenvalue weighted by atomic mass is 32.1. The first-order valence-electron chi connectivity index (χ1n) is 5.32. The molecule has 102 valence electrons. The summed E-state index contributed by atoms with van der Waals surface area (Å²) in [6, 6.07) is 0. The van der Waals surface area contributed by atoms with Gasteiger partial charge in [-0.05, 0) is 12.2 Å². The molecule has 0 rings (SSSR count). The summed E-state index contributed by atoms with van der Waals surface area (Å²) in [5.74, 6) is -0.793. The minimum absolute atomic E-state index is 0.0174. The Morgan fingerprint density at radius 1 is 1.33 bits per heavy atom. The molecule has 0 aromatic rings. The van der Waals surface area contributed by atoms with E-state index in [0.29, 0.717) is 11.7 Å². The molecule has 1 N–H and O–H groups in total. The lowest BCUT2D eigenvalue weighted by molar-refractivity contribution is -0.143. The molecular formula is C11H18N2O4S. The maximum atomic E-state index is 11.2. The minimum Gasteiger partial charge on any atom is -0.469 e. The summed E-state index contributed by atoms with van der Waals surface area (Å²) >= 11 is 5.10. The zero-order valence-corrected chi connectivity index (χ0v) is 11.4. The van der Waals surface area contributed by atoms with E-state index in [0.717, 1.165) is 0 Å². The topological polar surface area (TPSA) is 67.9 Å². The van der Waals surface area contributed by atoms with Gasteiger partial charge in [-0.15, -0.1) is 6.58 Å². The Morgan fingerprint density at radius 2 is 1.94 bits per heavy atom. The van der Waals surface area contributed by atoms with Crippen LogP contribution in [0.25, 0.3) is 0 Å². The van der Waals surface area contributed by atoms with Gasteiger partial charge in [-0.25, -0.2) is 0 Å². The van der Waals surface area contributed by atoms with E-state index in [2.05, 4.69) is 21.4 Å². The summed E-state index contributed by atoms with van der Waals surface area (Å²) in [6.07, 6.45) is 1.78. The van der Waals surface area contributed by atoms with Crippen molar-refractivity contribution in [2.75, 3.05) is 33.9 Å². The fourth-order valence-corrected chi connectivity index (χ4v) is 1.31. The van der Waals surface area contributed by atoms with E-state index in [-0.39, 0.29) is 25.5 Å². The molecule has 0 fully saturated rings. The fraction of sp³-hybridized carbons (Fsp3) is 0.545. The number of carbonyl (C=O) groups is 2. The highest BCUT2D eigenvalue weighted by Crippen LogP contribution is 1.96. The third kappa shape index (κ3) is 6.85. The van der Waals surface area contributed by atoms with Crippen molar-refractivity contribution in [2.24, 2.45) is 0 Å². The smallest absolute Gasteiger partial charge is 0.325 e. The van der Waals surface area contributed by atoms with E-state index in [4.69, 9.17) is 12.2 Å². The van der Waals surface area contributed by atoms with E-state index in [1.807, 2.05) is 0 Å². The van der Waals surface area contributed by atoms with Crippen molar-refractivity contribution < 1.29 is 19.1 Å². The number of hydrogen-bond donors (Lipinski definition) is 1. The predicted octanol–water partition coefficient (Wildman–Crippen LogP) is 0.0850. The molecular weight excluding hydrogens is 256 g/mol. The van der Waals surface area contributed by atoms with Crippen molar-refractivity contribution in [1.82, 2.24) is 10.2 Å². The van der Waals surface area contributed by atoms with Crippen LogP contribution < -0.4 is 5.32 Å². The van der Waals surface area contributed by atoms with Crippen molar-refractivity contribution in [1.29, 1.82) is 0 Å². The lowest BCUT2D eigenvalue weighted by atomic mass is 10.4. The molecule has 0 saturated heterocycles. The van der Waals surface area contributed by atoms with E-state index in [1.54, 1.807) is 11.0 Å². The predicted molar refractivity (Wildman–Crippen MR) is 71.0 cm³/mol. The molecule has 0 aromatic carbocycles. The molecule has 0 aliphatic carbocycles. The van der Waals surface area contributed by atoms with Crippen LogP contribution in [0.1, 0.15) is 6.42 Å². The van der Waals surface area contributed by atoms with Crippen molar-refractivity contribution in [3.05, 3.63) is 12.7 Å². The molecule has 6 nitrogen and oxygen atoms in total. The normalized spacial score (nSPS) is 9.22. The van der Waals surface area contributed by atoms with Crippen molar-refractivity contribution in [2.45, 2.75) is 6.42 Å². The van der Waals surface area contributed by atoms with Gasteiger partial charge in [0, 0.05) is 13.1 Å². The van der Waals surface area contributed by atoms with Gasteiger partial charge < -0.3 is 19.7 Å².